The van der Waals surface area contributed by atoms with E-state index in [2.05, 4.69) is 4.98 Å². The topological polar surface area (TPSA) is 59.2 Å². The van der Waals surface area contributed by atoms with E-state index in [1.165, 1.54) is 12.1 Å². The van der Waals surface area contributed by atoms with Crippen LogP contribution in [0.5, 0.6) is 0 Å². The first kappa shape index (κ1) is 15.5. The van der Waals surface area contributed by atoms with Crippen LogP contribution in [0.2, 0.25) is 0 Å². The summed E-state index contributed by atoms with van der Waals surface area (Å²) >= 11 is 0. The second-order valence-electron chi connectivity index (χ2n) is 5.69. The van der Waals surface area contributed by atoms with Crippen LogP contribution in [0.3, 0.4) is 0 Å². The van der Waals surface area contributed by atoms with Gasteiger partial charge in [-0.15, -0.1) is 0 Å². The van der Waals surface area contributed by atoms with E-state index in [-0.39, 0.29) is 24.1 Å². The molecule has 2 aromatic rings. The van der Waals surface area contributed by atoms with Gasteiger partial charge in [0.2, 0.25) is 0 Å². The van der Waals surface area contributed by atoms with Gasteiger partial charge in [-0.25, -0.2) is 9.18 Å². The highest BCUT2D eigenvalue weighted by molar-refractivity contribution is 6.07. The van der Waals surface area contributed by atoms with Gasteiger partial charge in [0.05, 0.1) is 17.7 Å². The van der Waals surface area contributed by atoms with E-state index in [1.807, 2.05) is 0 Å². The molecule has 1 aliphatic carbocycles. The van der Waals surface area contributed by atoms with Crippen LogP contribution >= 0.6 is 0 Å². The summed E-state index contributed by atoms with van der Waals surface area (Å²) in [5.74, 6) is -0.808. The van der Waals surface area contributed by atoms with E-state index >= 15 is 0 Å². The Bertz CT molecular complexity index is 733. The van der Waals surface area contributed by atoms with Crippen molar-refractivity contribution in [3.63, 3.8) is 0 Å². The van der Waals surface area contributed by atoms with E-state index in [4.69, 9.17) is 4.74 Å². The van der Waals surface area contributed by atoms with E-state index < -0.39 is 5.97 Å². The molecule has 1 unspecified atom stereocenters. The smallest absolute Gasteiger partial charge is 0.340 e. The molecule has 1 N–H and O–H groups in total. The molecule has 0 fully saturated rings. The lowest BCUT2D eigenvalue weighted by atomic mass is 9.90. The molecule has 3 rings (SSSR count). The van der Waals surface area contributed by atoms with Gasteiger partial charge in [0.1, 0.15) is 5.82 Å². The standard InChI is InChI=1S/C18H18FNO3/c1-2-23-18(22)14-10-20-15-8-5-12(9-16(21)17(14)15)11-3-6-13(19)7-4-11/h3-4,6-7,10,12,20H,2,5,8-9H2,1H3. The van der Waals surface area contributed by atoms with E-state index in [0.717, 1.165) is 17.7 Å². The zero-order valence-electron chi connectivity index (χ0n) is 12.9. The molecule has 0 saturated heterocycles. The molecule has 1 aliphatic rings. The molecule has 0 saturated carbocycles. The number of rotatable bonds is 3. The molecule has 120 valence electrons. The molecule has 1 aromatic carbocycles. The van der Waals surface area contributed by atoms with Gasteiger partial charge in [-0.05, 0) is 43.4 Å². The number of hydrogen-bond donors (Lipinski definition) is 1. The molecule has 0 radical (unpaired) electrons. The molecule has 1 aromatic heterocycles. The van der Waals surface area contributed by atoms with Gasteiger partial charge in [-0.2, -0.15) is 0 Å². The molecule has 0 amide bonds. The van der Waals surface area contributed by atoms with Gasteiger partial charge in [-0.3, -0.25) is 4.79 Å². The van der Waals surface area contributed by atoms with Crippen LogP contribution in [0.4, 0.5) is 4.39 Å². The van der Waals surface area contributed by atoms with Crippen molar-refractivity contribution >= 4 is 11.8 Å². The summed E-state index contributed by atoms with van der Waals surface area (Å²) in [6.45, 7) is 2.00. The number of aromatic amines is 1. The predicted octanol–water partition coefficient (Wildman–Crippen LogP) is 3.63. The minimum absolute atomic E-state index is 0.0268. The molecule has 0 bridgehead atoms. The molecular formula is C18H18FNO3. The molecular weight excluding hydrogens is 297 g/mol. The highest BCUT2D eigenvalue weighted by Crippen LogP contribution is 2.33. The summed E-state index contributed by atoms with van der Waals surface area (Å²) in [5.41, 5.74) is 2.49. The molecule has 1 atom stereocenters. The van der Waals surface area contributed by atoms with Crippen molar-refractivity contribution in [3.8, 4) is 0 Å². The number of aryl methyl sites for hydroxylation is 1. The number of benzene rings is 1. The van der Waals surface area contributed by atoms with E-state index in [0.29, 0.717) is 24.0 Å². The van der Waals surface area contributed by atoms with Crippen LogP contribution in [0, 0.1) is 5.82 Å². The number of ketones is 1. The Balaban J connectivity index is 1.87. The third-order valence-corrected chi connectivity index (χ3v) is 4.25. The Morgan fingerprint density at radius 1 is 1.35 bits per heavy atom. The average Bonchev–Trinajstić information content (AvgIpc) is 2.89. The molecule has 23 heavy (non-hydrogen) atoms. The summed E-state index contributed by atoms with van der Waals surface area (Å²) in [4.78, 5) is 27.7. The van der Waals surface area contributed by atoms with Crippen molar-refractivity contribution < 1.29 is 18.7 Å². The number of fused-ring (bicyclic) bond motifs is 1. The largest absolute Gasteiger partial charge is 0.462 e. The van der Waals surface area contributed by atoms with Crippen molar-refractivity contribution in [2.24, 2.45) is 0 Å². The Morgan fingerprint density at radius 3 is 2.78 bits per heavy atom. The van der Waals surface area contributed by atoms with Crippen LogP contribution in [-0.2, 0) is 11.2 Å². The summed E-state index contributed by atoms with van der Waals surface area (Å²) in [7, 11) is 0. The second-order valence-corrected chi connectivity index (χ2v) is 5.69. The van der Waals surface area contributed by atoms with Gasteiger partial charge in [0.15, 0.2) is 5.78 Å². The number of carbonyl (C=O) groups excluding carboxylic acids is 2. The maximum Gasteiger partial charge on any atom is 0.340 e. The lowest BCUT2D eigenvalue weighted by Gasteiger charge is -2.13. The predicted molar refractivity (Wildman–Crippen MR) is 83.2 cm³/mol. The maximum absolute atomic E-state index is 13.1. The number of Topliss-reactive ketones (excluding diaryl/α,β-unsaturated/α-hetero) is 1. The minimum atomic E-state index is -0.474. The van der Waals surface area contributed by atoms with E-state index in [1.54, 1.807) is 25.3 Å². The van der Waals surface area contributed by atoms with Crippen molar-refractivity contribution in [1.82, 2.24) is 4.98 Å². The molecule has 0 spiro atoms. The summed E-state index contributed by atoms with van der Waals surface area (Å²) < 4.78 is 18.1. The Morgan fingerprint density at radius 2 is 2.09 bits per heavy atom. The van der Waals surface area contributed by atoms with Crippen LogP contribution < -0.4 is 0 Å². The van der Waals surface area contributed by atoms with E-state index in [9.17, 15) is 14.0 Å². The Labute approximate surface area is 133 Å². The number of aromatic nitrogens is 1. The van der Waals surface area contributed by atoms with Crippen molar-refractivity contribution in [3.05, 3.63) is 58.7 Å². The Kier molecular flexibility index (Phi) is 4.28. The van der Waals surface area contributed by atoms with Crippen LogP contribution in [0.1, 0.15) is 57.7 Å². The number of ether oxygens (including phenoxy) is 1. The summed E-state index contributed by atoms with van der Waals surface area (Å²) in [5, 5.41) is 0. The zero-order valence-corrected chi connectivity index (χ0v) is 12.9. The fourth-order valence-corrected chi connectivity index (χ4v) is 3.12. The third kappa shape index (κ3) is 3.04. The SMILES string of the molecule is CCOC(=O)c1c[nH]c2c1C(=O)CC(c1ccc(F)cc1)CC2. The fraction of sp³-hybridized carbons (Fsp3) is 0.333. The van der Waals surface area contributed by atoms with Gasteiger partial charge in [0, 0.05) is 18.3 Å². The number of H-pyrrole nitrogens is 1. The zero-order chi connectivity index (χ0) is 16.4. The lowest BCUT2D eigenvalue weighted by molar-refractivity contribution is 0.0523. The number of esters is 1. The quantitative estimate of drug-likeness (QED) is 0.695. The van der Waals surface area contributed by atoms with Gasteiger partial charge in [0.25, 0.3) is 0 Å². The molecule has 1 heterocycles. The molecule has 4 nitrogen and oxygen atoms in total. The van der Waals surface area contributed by atoms with Crippen LogP contribution in [0.15, 0.2) is 30.5 Å². The minimum Gasteiger partial charge on any atom is -0.462 e. The third-order valence-electron chi connectivity index (χ3n) is 4.25. The number of halogens is 1. The Hall–Kier alpha value is -2.43. The van der Waals surface area contributed by atoms with Crippen molar-refractivity contribution in [2.75, 3.05) is 6.61 Å². The van der Waals surface area contributed by atoms with Gasteiger partial charge in [-0.1, -0.05) is 12.1 Å². The van der Waals surface area contributed by atoms with Crippen LogP contribution in [0.25, 0.3) is 0 Å². The summed E-state index contributed by atoms with van der Waals surface area (Å²) in [6.07, 6.45) is 3.30. The van der Waals surface area contributed by atoms with Crippen LogP contribution in [-0.4, -0.2) is 23.3 Å². The average molecular weight is 315 g/mol. The first-order valence-corrected chi connectivity index (χ1v) is 7.76. The van der Waals surface area contributed by atoms with Gasteiger partial charge >= 0.3 is 5.97 Å². The first-order chi connectivity index (χ1) is 11.1. The highest BCUT2D eigenvalue weighted by Gasteiger charge is 2.29. The highest BCUT2D eigenvalue weighted by atomic mass is 19.1. The van der Waals surface area contributed by atoms with Crippen molar-refractivity contribution in [1.29, 1.82) is 0 Å². The summed E-state index contributed by atoms with van der Waals surface area (Å²) in [6, 6.07) is 6.26. The second kappa shape index (κ2) is 6.36. The maximum atomic E-state index is 13.1. The fourth-order valence-electron chi connectivity index (χ4n) is 3.12. The number of hydrogen-bond acceptors (Lipinski definition) is 3. The van der Waals surface area contributed by atoms with Crippen molar-refractivity contribution in [2.45, 2.75) is 32.1 Å². The number of nitrogens with one attached hydrogen (secondary N) is 1. The monoisotopic (exact) mass is 315 g/mol. The number of carbonyl (C=O) groups is 2. The molecule has 0 aliphatic heterocycles. The first-order valence-electron chi connectivity index (χ1n) is 7.76. The molecule has 5 heteroatoms. The van der Waals surface area contributed by atoms with Gasteiger partial charge < -0.3 is 9.72 Å². The normalized spacial score (nSPS) is 17.5. The lowest BCUT2D eigenvalue weighted by Crippen LogP contribution is -2.11.